The highest BCUT2D eigenvalue weighted by atomic mass is 127. The fourth-order valence-electron chi connectivity index (χ4n) is 2.43. The summed E-state index contributed by atoms with van der Waals surface area (Å²) in [5.41, 5.74) is 2.30. The van der Waals surface area contributed by atoms with E-state index in [4.69, 9.17) is 11.6 Å². The van der Waals surface area contributed by atoms with Crippen LogP contribution in [0.2, 0.25) is 5.02 Å². The number of hydrogen-bond donors (Lipinski definition) is 2. The van der Waals surface area contributed by atoms with E-state index in [2.05, 4.69) is 46.6 Å². The third kappa shape index (κ3) is 6.42. The highest BCUT2D eigenvalue weighted by Gasteiger charge is 2.21. The van der Waals surface area contributed by atoms with E-state index in [0.29, 0.717) is 0 Å². The van der Waals surface area contributed by atoms with E-state index in [0.717, 1.165) is 34.8 Å². The summed E-state index contributed by atoms with van der Waals surface area (Å²) in [5, 5.41) is 8.62. The molecule has 2 rings (SSSR count). The molecule has 0 amide bonds. The summed E-state index contributed by atoms with van der Waals surface area (Å²) in [5.74, 6) is 0.794. The molecular weight excluding hydrogens is 467 g/mol. The van der Waals surface area contributed by atoms with Crippen LogP contribution >= 0.6 is 46.9 Å². The van der Waals surface area contributed by atoms with Gasteiger partial charge in [0.05, 0.1) is 17.2 Å². The minimum Gasteiger partial charge on any atom is -0.356 e. The van der Waals surface area contributed by atoms with Crippen LogP contribution in [0.15, 0.2) is 29.3 Å². The topological polar surface area (TPSA) is 49.3 Å². The van der Waals surface area contributed by atoms with Gasteiger partial charge in [0.2, 0.25) is 0 Å². The van der Waals surface area contributed by atoms with Crippen molar-refractivity contribution in [2.24, 2.45) is 4.99 Å². The van der Waals surface area contributed by atoms with Crippen molar-refractivity contribution in [3.8, 4) is 0 Å². The van der Waals surface area contributed by atoms with Crippen molar-refractivity contribution >= 4 is 52.9 Å². The second-order valence-electron chi connectivity index (χ2n) is 6.41. The zero-order valence-electron chi connectivity index (χ0n) is 15.3. The van der Waals surface area contributed by atoms with E-state index < -0.39 is 0 Å². The number of hydrogen-bond acceptors (Lipinski definition) is 3. The number of aryl methyl sites for hydroxylation is 2. The molecule has 0 unspecified atom stereocenters. The van der Waals surface area contributed by atoms with Crippen molar-refractivity contribution in [2.45, 2.75) is 39.7 Å². The monoisotopic (exact) mass is 492 g/mol. The molecule has 0 aliphatic heterocycles. The molecule has 0 aliphatic carbocycles. The SMILES string of the molecule is CN=C(NCc1sc(C)nc1C)NCC(C)(C)c1ccc(Cl)cc1.I. The van der Waals surface area contributed by atoms with Gasteiger partial charge in [-0.05, 0) is 31.5 Å². The zero-order chi connectivity index (χ0) is 17.7. The smallest absolute Gasteiger partial charge is 0.191 e. The van der Waals surface area contributed by atoms with Crippen LogP contribution in [0.4, 0.5) is 0 Å². The van der Waals surface area contributed by atoms with Crippen molar-refractivity contribution in [3.63, 3.8) is 0 Å². The Morgan fingerprint density at radius 2 is 1.84 bits per heavy atom. The predicted octanol–water partition coefficient (Wildman–Crippen LogP) is 4.67. The number of aromatic nitrogens is 1. The molecule has 138 valence electrons. The quantitative estimate of drug-likeness (QED) is 0.362. The molecule has 0 atom stereocenters. The number of guanidine groups is 1. The minimum atomic E-state index is -0.0286. The summed E-state index contributed by atoms with van der Waals surface area (Å²) >= 11 is 7.70. The number of rotatable bonds is 5. The maximum Gasteiger partial charge on any atom is 0.191 e. The normalized spacial score (nSPS) is 11.8. The minimum absolute atomic E-state index is 0. The molecule has 2 aromatic rings. The maximum atomic E-state index is 5.98. The molecule has 0 bridgehead atoms. The molecule has 0 spiro atoms. The molecule has 7 heteroatoms. The summed E-state index contributed by atoms with van der Waals surface area (Å²) < 4.78 is 0. The van der Waals surface area contributed by atoms with Gasteiger partial charge in [-0.2, -0.15) is 0 Å². The Hall–Kier alpha value is -0.860. The number of halogens is 2. The summed E-state index contributed by atoms with van der Waals surface area (Å²) in [7, 11) is 1.79. The lowest BCUT2D eigenvalue weighted by Gasteiger charge is -2.27. The fourth-order valence-corrected chi connectivity index (χ4v) is 3.43. The molecule has 1 aromatic heterocycles. The van der Waals surface area contributed by atoms with Gasteiger partial charge in [0.15, 0.2) is 5.96 Å². The third-order valence-corrected chi connectivity index (χ3v) is 5.29. The first kappa shape index (κ1) is 22.2. The Kier molecular flexibility index (Phi) is 8.63. The average molecular weight is 493 g/mol. The second-order valence-corrected chi connectivity index (χ2v) is 8.14. The molecule has 0 saturated heterocycles. The van der Waals surface area contributed by atoms with E-state index in [1.807, 2.05) is 26.0 Å². The van der Waals surface area contributed by atoms with E-state index in [-0.39, 0.29) is 29.4 Å². The van der Waals surface area contributed by atoms with E-state index in [9.17, 15) is 0 Å². The number of nitrogens with zero attached hydrogens (tertiary/aromatic N) is 2. The molecule has 1 aromatic carbocycles. The standard InChI is InChI=1S/C18H25ClN4S.HI/c1-12-16(24-13(2)23-12)10-21-17(20-5)22-11-18(3,4)14-6-8-15(19)9-7-14;/h6-9H,10-11H2,1-5H3,(H2,20,21,22);1H. The van der Waals surface area contributed by atoms with E-state index >= 15 is 0 Å². The largest absolute Gasteiger partial charge is 0.356 e. The molecular formula is C18H26ClIN4S. The maximum absolute atomic E-state index is 5.98. The van der Waals surface area contributed by atoms with Crippen LogP contribution in [0.5, 0.6) is 0 Å². The lowest BCUT2D eigenvalue weighted by molar-refractivity contribution is 0.508. The molecule has 25 heavy (non-hydrogen) atoms. The molecule has 4 nitrogen and oxygen atoms in total. The highest BCUT2D eigenvalue weighted by molar-refractivity contribution is 14.0. The first-order valence-electron chi connectivity index (χ1n) is 7.95. The van der Waals surface area contributed by atoms with Crippen molar-refractivity contribution in [2.75, 3.05) is 13.6 Å². The predicted molar refractivity (Wildman–Crippen MR) is 120 cm³/mol. The van der Waals surface area contributed by atoms with Crippen LogP contribution in [0, 0.1) is 13.8 Å². The van der Waals surface area contributed by atoms with Crippen molar-refractivity contribution in [3.05, 3.63) is 50.4 Å². The molecule has 2 N–H and O–H groups in total. The van der Waals surface area contributed by atoms with Crippen LogP contribution in [-0.2, 0) is 12.0 Å². The first-order valence-corrected chi connectivity index (χ1v) is 9.15. The Bertz CT molecular complexity index is 710. The van der Waals surface area contributed by atoms with E-state index in [1.165, 1.54) is 10.4 Å². The summed E-state index contributed by atoms with van der Waals surface area (Å²) in [4.78, 5) is 10.0. The van der Waals surface area contributed by atoms with Crippen LogP contribution in [-0.4, -0.2) is 24.5 Å². The van der Waals surface area contributed by atoms with Crippen LogP contribution < -0.4 is 10.6 Å². The number of aliphatic imine (C=N–C) groups is 1. The van der Waals surface area contributed by atoms with Crippen LogP contribution in [0.3, 0.4) is 0 Å². The van der Waals surface area contributed by atoms with E-state index in [1.54, 1.807) is 18.4 Å². The molecule has 0 saturated carbocycles. The lowest BCUT2D eigenvalue weighted by Crippen LogP contribution is -2.43. The van der Waals surface area contributed by atoms with Crippen LogP contribution in [0.25, 0.3) is 0 Å². The third-order valence-electron chi connectivity index (χ3n) is 3.96. The van der Waals surface area contributed by atoms with Gasteiger partial charge in [-0.15, -0.1) is 35.3 Å². The second kappa shape index (κ2) is 9.73. The first-order chi connectivity index (χ1) is 11.3. The summed E-state index contributed by atoms with van der Waals surface area (Å²) in [6, 6.07) is 8.01. The zero-order valence-corrected chi connectivity index (χ0v) is 19.2. The van der Waals surface area contributed by atoms with Gasteiger partial charge in [-0.3, -0.25) is 4.99 Å². The Morgan fingerprint density at radius 1 is 1.20 bits per heavy atom. The van der Waals surface area contributed by atoms with Gasteiger partial charge < -0.3 is 10.6 Å². The Labute approximate surface area is 176 Å². The van der Waals surface area contributed by atoms with Crippen LogP contribution in [0.1, 0.15) is 35.0 Å². The summed E-state index contributed by atoms with van der Waals surface area (Å²) in [6.45, 7) is 9.98. The molecule has 0 aliphatic rings. The van der Waals surface area contributed by atoms with Gasteiger partial charge in [-0.25, -0.2) is 4.98 Å². The summed E-state index contributed by atoms with van der Waals surface area (Å²) in [6.07, 6.45) is 0. The molecule has 0 radical (unpaired) electrons. The van der Waals surface area contributed by atoms with Gasteiger partial charge in [0.1, 0.15) is 0 Å². The Balaban J connectivity index is 0.00000312. The number of thiazole rings is 1. The molecule has 0 fully saturated rings. The highest BCUT2D eigenvalue weighted by Crippen LogP contribution is 2.23. The number of nitrogens with one attached hydrogen (secondary N) is 2. The van der Waals surface area contributed by atoms with Gasteiger partial charge in [0.25, 0.3) is 0 Å². The fraction of sp³-hybridized carbons (Fsp3) is 0.444. The van der Waals surface area contributed by atoms with Crippen molar-refractivity contribution in [1.29, 1.82) is 0 Å². The molecule has 1 heterocycles. The Morgan fingerprint density at radius 3 is 2.36 bits per heavy atom. The number of benzene rings is 1. The van der Waals surface area contributed by atoms with Gasteiger partial charge >= 0.3 is 0 Å². The van der Waals surface area contributed by atoms with Crippen molar-refractivity contribution < 1.29 is 0 Å². The van der Waals surface area contributed by atoms with Gasteiger partial charge in [0, 0.05) is 28.9 Å². The van der Waals surface area contributed by atoms with Gasteiger partial charge in [-0.1, -0.05) is 37.6 Å². The lowest BCUT2D eigenvalue weighted by atomic mass is 9.85. The average Bonchev–Trinajstić information content (AvgIpc) is 2.85. The van der Waals surface area contributed by atoms with Crippen molar-refractivity contribution in [1.82, 2.24) is 15.6 Å².